The van der Waals surface area contributed by atoms with Crippen LogP contribution in [-0.4, -0.2) is 25.0 Å². The van der Waals surface area contributed by atoms with E-state index in [1.54, 1.807) is 24.3 Å². The van der Waals surface area contributed by atoms with Crippen molar-refractivity contribution in [2.75, 3.05) is 7.11 Å². The van der Waals surface area contributed by atoms with Crippen molar-refractivity contribution in [3.8, 4) is 5.75 Å². The van der Waals surface area contributed by atoms with Gasteiger partial charge in [0, 0.05) is 0 Å². The highest BCUT2D eigenvalue weighted by molar-refractivity contribution is 6.33. The summed E-state index contributed by atoms with van der Waals surface area (Å²) in [4.78, 5) is 36.8. The first-order valence-electron chi connectivity index (χ1n) is 9.47. The fourth-order valence-electron chi connectivity index (χ4n) is 2.94. The summed E-state index contributed by atoms with van der Waals surface area (Å²) in [6, 6.07) is 21.2. The molecule has 1 atom stereocenters. The van der Waals surface area contributed by atoms with Crippen molar-refractivity contribution in [2.24, 2.45) is 0 Å². The van der Waals surface area contributed by atoms with Gasteiger partial charge in [0.15, 0.2) is 0 Å². The van der Waals surface area contributed by atoms with E-state index in [1.165, 1.54) is 31.4 Å². The average molecular weight is 438 g/mol. The van der Waals surface area contributed by atoms with Crippen molar-refractivity contribution in [3.63, 3.8) is 0 Å². The summed E-state index contributed by atoms with van der Waals surface area (Å²) in [5.41, 5.74) is 1.41. The summed E-state index contributed by atoms with van der Waals surface area (Å²) >= 11 is 6.12. The normalized spacial score (nSPS) is 11.3. The molecule has 1 unspecified atom stereocenters. The Kier molecular flexibility index (Phi) is 7.40. The van der Waals surface area contributed by atoms with Crippen molar-refractivity contribution in [1.29, 1.82) is 0 Å². The van der Waals surface area contributed by atoms with Crippen LogP contribution in [0.15, 0.2) is 78.9 Å². The lowest BCUT2D eigenvalue weighted by atomic mass is 10.0. The van der Waals surface area contributed by atoms with Gasteiger partial charge in [-0.05, 0) is 42.0 Å². The topological polar surface area (TPSA) is 81.7 Å². The van der Waals surface area contributed by atoms with E-state index in [4.69, 9.17) is 16.3 Å². The highest BCUT2D eigenvalue weighted by Crippen LogP contribution is 2.22. The van der Waals surface area contributed by atoms with Crippen LogP contribution in [0, 0.1) is 0 Å². The molecule has 3 aromatic carbocycles. The number of halogens is 1. The lowest BCUT2D eigenvalue weighted by molar-refractivity contribution is -0.134. The Bertz CT molecular complexity index is 1070. The van der Waals surface area contributed by atoms with Crippen LogP contribution in [-0.2, 0) is 9.53 Å². The Morgan fingerprint density at radius 2 is 1.55 bits per heavy atom. The number of nitrogens with one attached hydrogen (secondary N) is 1. The largest absolute Gasteiger partial charge is 0.465 e. The SMILES string of the molecule is COC(=O)c1ccc(OC(=O)CC(NC(=O)c2ccccc2Cl)c2ccccc2)cc1. The Labute approximate surface area is 184 Å². The molecule has 0 aliphatic rings. The van der Waals surface area contributed by atoms with Gasteiger partial charge in [-0.3, -0.25) is 9.59 Å². The molecule has 3 rings (SSSR count). The second-order valence-electron chi connectivity index (χ2n) is 6.61. The maximum absolute atomic E-state index is 12.7. The zero-order valence-corrected chi connectivity index (χ0v) is 17.5. The summed E-state index contributed by atoms with van der Waals surface area (Å²) < 4.78 is 10.0. The van der Waals surface area contributed by atoms with Gasteiger partial charge < -0.3 is 14.8 Å². The molecule has 1 N–H and O–H groups in total. The van der Waals surface area contributed by atoms with Crippen LogP contribution in [0.4, 0.5) is 0 Å². The van der Waals surface area contributed by atoms with Gasteiger partial charge in [-0.25, -0.2) is 4.79 Å². The number of benzene rings is 3. The number of carbonyl (C=O) groups is 3. The van der Waals surface area contributed by atoms with E-state index < -0.39 is 23.9 Å². The Morgan fingerprint density at radius 1 is 0.903 bits per heavy atom. The number of hydrogen-bond acceptors (Lipinski definition) is 5. The second-order valence-corrected chi connectivity index (χ2v) is 7.02. The molecular formula is C24H20ClNO5. The number of amides is 1. The first-order valence-corrected chi connectivity index (χ1v) is 9.85. The summed E-state index contributed by atoms with van der Waals surface area (Å²) in [6.07, 6.45) is -0.0983. The van der Waals surface area contributed by atoms with Crippen molar-refractivity contribution < 1.29 is 23.9 Å². The van der Waals surface area contributed by atoms with E-state index in [2.05, 4.69) is 10.1 Å². The van der Waals surface area contributed by atoms with Crippen LogP contribution in [0.1, 0.15) is 38.7 Å². The van der Waals surface area contributed by atoms with E-state index in [9.17, 15) is 14.4 Å². The maximum atomic E-state index is 12.7. The molecule has 0 saturated carbocycles. The molecule has 0 bridgehead atoms. The predicted molar refractivity (Wildman–Crippen MR) is 116 cm³/mol. The zero-order chi connectivity index (χ0) is 22.2. The van der Waals surface area contributed by atoms with Crippen molar-refractivity contribution >= 4 is 29.4 Å². The molecule has 0 spiro atoms. The van der Waals surface area contributed by atoms with Gasteiger partial charge >= 0.3 is 11.9 Å². The number of rotatable bonds is 7. The van der Waals surface area contributed by atoms with Gasteiger partial charge in [0.25, 0.3) is 5.91 Å². The molecule has 158 valence electrons. The van der Waals surface area contributed by atoms with Crippen LogP contribution in [0.3, 0.4) is 0 Å². The monoisotopic (exact) mass is 437 g/mol. The molecule has 1 amide bonds. The molecule has 0 aliphatic carbocycles. The Hall–Kier alpha value is -3.64. The zero-order valence-electron chi connectivity index (χ0n) is 16.7. The van der Waals surface area contributed by atoms with Gasteiger partial charge in [0.1, 0.15) is 5.75 Å². The predicted octanol–water partition coefficient (Wildman–Crippen LogP) is 4.59. The average Bonchev–Trinajstić information content (AvgIpc) is 2.79. The first-order chi connectivity index (χ1) is 15.0. The molecule has 0 saturated heterocycles. The second kappa shape index (κ2) is 10.4. The smallest absolute Gasteiger partial charge is 0.337 e. The number of carbonyl (C=O) groups excluding carboxylic acids is 3. The minimum absolute atomic E-state index is 0.0983. The van der Waals surface area contributed by atoms with E-state index in [-0.39, 0.29) is 12.2 Å². The van der Waals surface area contributed by atoms with Crippen LogP contribution in [0.5, 0.6) is 5.75 Å². The van der Waals surface area contributed by atoms with Crippen LogP contribution >= 0.6 is 11.6 Å². The summed E-state index contributed by atoms with van der Waals surface area (Å²) in [6.45, 7) is 0. The highest BCUT2D eigenvalue weighted by atomic mass is 35.5. The number of hydrogen-bond donors (Lipinski definition) is 1. The molecule has 0 fully saturated rings. The maximum Gasteiger partial charge on any atom is 0.337 e. The van der Waals surface area contributed by atoms with Gasteiger partial charge in [-0.1, -0.05) is 54.1 Å². The van der Waals surface area contributed by atoms with Gasteiger partial charge in [0.05, 0.1) is 35.7 Å². The minimum Gasteiger partial charge on any atom is -0.465 e. The quantitative estimate of drug-likeness (QED) is 0.431. The third kappa shape index (κ3) is 5.93. The number of ether oxygens (including phenoxy) is 2. The third-order valence-corrected chi connectivity index (χ3v) is 4.83. The molecule has 31 heavy (non-hydrogen) atoms. The fraction of sp³-hybridized carbons (Fsp3) is 0.125. The highest BCUT2D eigenvalue weighted by Gasteiger charge is 2.21. The fourth-order valence-corrected chi connectivity index (χ4v) is 3.16. The Morgan fingerprint density at radius 3 is 2.19 bits per heavy atom. The van der Waals surface area contributed by atoms with E-state index in [0.29, 0.717) is 16.1 Å². The molecule has 0 radical (unpaired) electrons. The van der Waals surface area contributed by atoms with Crippen LogP contribution in [0.2, 0.25) is 5.02 Å². The first kappa shape index (κ1) is 22.1. The van der Waals surface area contributed by atoms with Crippen molar-refractivity contribution in [3.05, 3.63) is 101 Å². The molecular weight excluding hydrogens is 418 g/mol. The van der Waals surface area contributed by atoms with Crippen LogP contribution in [0.25, 0.3) is 0 Å². The number of esters is 2. The van der Waals surface area contributed by atoms with Gasteiger partial charge in [-0.2, -0.15) is 0 Å². The molecule has 0 aromatic heterocycles. The molecule has 0 aliphatic heterocycles. The van der Waals surface area contributed by atoms with Crippen LogP contribution < -0.4 is 10.1 Å². The summed E-state index contributed by atoms with van der Waals surface area (Å²) in [7, 11) is 1.29. The van der Waals surface area contributed by atoms with Gasteiger partial charge in [0.2, 0.25) is 0 Å². The Balaban J connectivity index is 1.73. The third-order valence-electron chi connectivity index (χ3n) is 4.50. The van der Waals surface area contributed by atoms with E-state index in [0.717, 1.165) is 5.56 Å². The summed E-state index contributed by atoms with van der Waals surface area (Å²) in [5, 5.41) is 3.17. The van der Waals surface area contributed by atoms with E-state index >= 15 is 0 Å². The molecule has 7 heteroatoms. The van der Waals surface area contributed by atoms with Crippen molar-refractivity contribution in [1.82, 2.24) is 5.32 Å². The molecule has 6 nitrogen and oxygen atoms in total. The minimum atomic E-state index is -0.619. The van der Waals surface area contributed by atoms with Crippen molar-refractivity contribution in [2.45, 2.75) is 12.5 Å². The van der Waals surface area contributed by atoms with Gasteiger partial charge in [-0.15, -0.1) is 0 Å². The van der Waals surface area contributed by atoms with E-state index in [1.807, 2.05) is 30.3 Å². The molecule has 0 heterocycles. The summed E-state index contributed by atoms with van der Waals surface area (Å²) in [5.74, 6) is -1.14. The lowest BCUT2D eigenvalue weighted by Gasteiger charge is -2.19. The lowest BCUT2D eigenvalue weighted by Crippen LogP contribution is -2.31. The molecule has 3 aromatic rings. The number of methoxy groups -OCH3 is 1. The standard InChI is InChI=1S/C24H20ClNO5/c1-30-24(29)17-11-13-18(14-12-17)31-22(27)15-21(16-7-3-2-4-8-16)26-23(28)19-9-5-6-10-20(19)25/h2-14,21H,15H2,1H3,(H,26,28).